The number of piperidine rings is 1. The zero-order chi connectivity index (χ0) is 12.5. The molecule has 0 bridgehead atoms. The van der Waals surface area contributed by atoms with E-state index in [1.54, 1.807) is 6.07 Å². The number of hydrogen-bond acceptors (Lipinski definition) is 2. The normalized spacial score (nSPS) is 28.3. The minimum atomic E-state index is -0.263. The van der Waals surface area contributed by atoms with E-state index in [0.29, 0.717) is 11.1 Å². The first-order valence-corrected chi connectivity index (χ1v) is 7.00. The van der Waals surface area contributed by atoms with Gasteiger partial charge < -0.3 is 5.32 Å². The lowest BCUT2D eigenvalue weighted by molar-refractivity contribution is 0.312. The Labute approximate surface area is 112 Å². The van der Waals surface area contributed by atoms with Crippen molar-refractivity contribution in [1.82, 2.24) is 10.2 Å². The molecule has 2 aliphatic heterocycles. The fraction of sp³-hybridized carbons (Fsp3) is 0.571. The van der Waals surface area contributed by atoms with Crippen LogP contribution in [0.3, 0.4) is 0 Å². The molecule has 1 N–H and O–H groups in total. The zero-order valence-electron chi connectivity index (χ0n) is 10.3. The summed E-state index contributed by atoms with van der Waals surface area (Å²) >= 11 is 6.08. The summed E-state index contributed by atoms with van der Waals surface area (Å²) in [5, 5.41) is 4.13. The molecule has 2 fully saturated rings. The second-order valence-corrected chi connectivity index (χ2v) is 5.80. The standard InChI is InChI=1S/C14H18ClFN2/c15-13-6-12(16)4-3-10(13)7-18-8-11-2-1-5-17-14(11)9-18/h3-4,6,11,14,17H,1-2,5,7-9H2. The first kappa shape index (κ1) is 12.4. The van der Waals surface area contributed by atoms with Crippen LogP contribution in [0.1, 0.15) is 18.4 Å². The maximum absolute atomic E-state index is 13.0. The number of benzene rings is 1. The Hall–Kier alpha value is -0.640. The first-order chi connectivity index (χ1) is 8.72. The molecule has 3 rings (SSSR count). The van der Waals surface area contributed by atoms with Crippen molar-refractivity contribution in [3.8, 4) is 0 Å². The number of nitrogens with one attached hydrogen (secondary N) is 1. The fourth-order valence-electron chi connectivity index (χ4n) is 3.16. The van der Waals surface area contributed by atoms with Crippen molar-refractivity contribution in [3.05, 3.63) is 34.6 Å². The van der Waals surface area contributed by atoms with Gasteiger partial charge in [0.05, 0.1) is 0 Å². The topological polar surface area (TPSA) is 15.3 Å². The molecular formula is C14H18ClFN2. The fourth-order valence-corrected chi connectivity index (χ4v) is 3.38. The highest BCUT2D eigenvalue weighted by molar-refractivity contribution is 6.31. The molecule has 0 saturated carbocycles. The number of likely N-dealkylation sites (tertiary alicyclic amines) is 1. The van der Waals surface area contributed by atoms with E-state index in [0.717, 1.165) is 37.7 Å². The van der Waals surface area contributed by atoms with E-state index in [4.69, 9.17) is 11.6 Å². The highest BCUT2D eigenvalue weighted by Crippen LogP contribution is 2.27. The average molecular weight is 269 g/mol. The second kappa shape index (κ2) is 5.16. The molecule has 1 aromatic rings. The molecule has 4 heteroatoms. The summed E-state index contributed by atoms with van der Waals surface area (Å²) in [4.78, 5) is 2.42. The van der Waals surface area contributed by atoms with Crippen LogP contribution in [-0.2, 0) is 6.54 Å². The van der Waals surface area contributed by atoms with Gasteiger partial charge in [0.2, 0.25) is 0 Å². The SMILES string of the molecule is Fc1ccc(CN2CC3CCCNC3C2)c(Cl)c1. The summed E-state index contributed by atoms with van der Waals surface area (Å²) in [7, 11) is 0. The summed E-state index contributed by atoms with van der Waals surface area (Å²) in [5.41, 5.74) is 1.02. The Kier molecular flexibility index (Phi) is 3.55. The first-order valence-electron chi connectivity index (χ1n) is 6.62. The molecule has 0 amide bonds. The van der Waals surface area contributed by atoms with Gasteiger partial charge in [-0.05, 0) is 43.0 Å². The van der Waals surface area contributed by atoms with Gasteiger partial charge in [0.15, 0.2) is 0 Å². The summed E-state index contributed by atoms with van der Waals surface area (Å²) in [6, 6.07) is 5.33. The van der Waals surface area contributed by atoms with Crippen molar-refractivity contribution in [2.75, 3.05) is 19.6 Å². The zero-order valence-corrected chi connectivity index (χ0v) is 11.1. The van der Waals surface area contributed by atoms with Gasteiger partial charge in [-0.3, -0.25) is 4.90 Å². The van der Waals surface area contributed by atoms with E-state index in [9.17, 15) is 4.39 Å². The predicted octanol–water partition coefficient (Wildman–Crippen LogP) is 2.66. The van der Waals surface area contributed by atoms with Crippen LogP contribution in [0.15, 0.2) is 18.2 Å². The van der Waals surface area contributed by atoms with E-state index in [2.05, 4.69) is 10.2 Å². The van der Waals surface area contributed by atoms with Crippen LogP contribution in [-0.4, -0.2) is 30.6 Å². The summed E-state index contributed by atoms with van der Waals surface area (Å²) in [6.45, 7) is 4.18. The molecule has 0 radical (unpaired) electrons. The van der Waals surface area contributed by atoms with E-state index in [-0.39, 0.29) is 5.82 Å². The predicted molar refractivity (Wildman–Crippen MR) is 71.2 cm³/mol. The maximum Gasteiger partial charge on any atom is 0.124 e. The van der Waals surface area contributed by atoms with E-state index in [1.807, 2.05) is 0 Å². The lowest BCUT2D eigenvalue weighted by Crippen LogP contribution is -2.40. The molecule has 2 atom stereocenters. The molecular weight excluding hydrogens is 251 g/mol. The van der Waals surface area contributed by atoms with Gasteiger partial charge in [0.1, 0.15) is 5.82 Å². The van der Waals surface area contributed by atoms with Gasteiger partial charge in [-0.1, -0.05) is 17.7 Å². The second-order valence-electron chi connectivity index (χ2n) is 5.39. The number of halogens is 2. The van der Waals surface area contributed by atoms with Crippen molar-refractivity contribution in [2.45, 2.75) is 25.4 Å². The van der Waals surface area contributed by atoms with Crippen LogP contribution < -0.4 is 5.32 Å². The number of hydrogen-bond donors (Lipinski definition) is 1. The molecule has 2 nitrogen and oxygen atoms in total. The minimum Gasteiger partial charge on any atom is -0.312 e. The molecule has 2 aliphatic rings. The van der Waals surface area contributed by atoms with Crippen molar-refractivity contribution in [1.29, 1.82) is 0 Å². The van der Waals surface area contributed by atoms with Gasteiger partial charge >= 0.3 is 0 Å². The summed E-state index contributed by atoms with van der Waals surface area (Å²) in [6.07, 6.45) is 2.61. The van der Waals surface area contributed by atoms with Crippen LogP contribution in [0.4, 0.5) is 4.39 Å². The largest absolute Gasteiger partial charge is 0.312 e. The van der Waals surface area contributed by atoms with Gasteiger partial charge in [-0.25, -0.2) is 4.39 Å². The lowest BCUT2D eigenvalue weighted by Gasteiger charge is -2.24. The van der Waals surface area contributed by atoms with E-state index >= 15 is 0 Å². The van der Waals surface area contributed by atoms with Gasteiger partial charge in [0.25, 0.3) is 0 Å². The lowest BCUT2D eigenvalue weighted by atomic mass is 9.94. The molecule has 98 valence electrons. The monoisotopic (exact) mass is 268 g/mol. The Morgan fingerprint density at radius 2 is 2.28 bits per heavy atom. The van der Waals surface area contributed by atoms with Crippen LogP contribution >= 0.6 is 11.6 Å². The Morgan fingerprint density at radius 3 is 3.06 bits per heavy atom. The Morgan fingerprint density at radius 1 is 1.39 bits per heavy atom. The van der Waals surface area contributed by atoms with Crippen molar-refractivity contribution >= 4 is 11.6 Å². The number of fused-ring (bicyclic) bond motifs is 1. The van der Waals surface area contributed by atoms with Crippen LogP contribution in [0.5, 0.6) is 0 Å². The van der Waals surface area contributed by atoms with Gasteiger partial charge in [-0.15, -0.1) is 0 Å². The molecule has 2 heterocycles. The molecule has 1 aromatic carbocycles. The van der Waals surface area contributed by atoms with Crippen LogP contribution in [0.2, 0.25) is 5.02 Å². The van der Waals surface area contributed by atoms with Crippen molar-refractivity contribution in [3.63, 3.8) is 0 Å². The third-order valence-corrected chi connectivity index (χ3v) is 4.44. The summed E-state index contributed by atoms with van der Waals surface area (Å²) < 4.78 is 13.0. The quantitative estimate of drug-likeness (QED) is 0.887. The van der Waals surface area contributed by atoms with E-state index < -0.39 is 0 Å². The van der Waals surface area contributed by atoms with Crippen LogP contribution in [0, 0.1) is 11.7 Å². The molecule has 18 heavy (non-hydrogen) atoms. The van der Waals surface area contributed by atoms with E-state index in [1.165, 1.54) is 25.0 Å². The molecule has 2 saturated heterocycles. The molecule has 0 spiro atoms. The van der Waals surface area contributed by atoms with Crippen LogP contribution in [0.25, 0.3) is 0 Å². The van der Waals surface area contributed by atoms with Crippen molar-refractivity contribution < 1.29 is 4.39 Å². The van der Waals surface area contributed by atoms with Gasteiger partial charge in [0, 0.05) is 30.7 Å². The smallest absolute Gasteiger partial charge is 0.124 e. The third-order valence-electron chi connectivity index (χ3n) is 4.08. The maximum atomic E-state index is 13.0. The molecule has 0 aromatic heterocycles. The molecule has 0 aliphatic carbocycles. The van der Waals surface area contributed by atoms with Gasteiger partial charge in [-0.2, -0.15) is 0 Å². The Bertz CT molecular complexity index is 424. The number of nitrogens with zero attached hydrogens (tertiary/aromatic N) is 1. The molecule has 2 unspecified atom stereocenters. The number of rotatable bonds is 2. The average Bonchev–Trinajstić information content (AvgIpc) is 2.75. The third kappa shape index (κ3) is 2.53. The summed E-state index contributed by atoms with van der Waals surface area (Å²) in [5.74, 6) is 0.512. The highest BCUT2D eigenvalue weighted by atomic mass is 35.5. The Balaban J connectivity index is 1.66. The minimum absolute atomic E-state index is 0.263. The highest BCUT2D eigenvalue weighted by Gasteiger charge is 2.34. The van der Waals surface area contributed by atoms with Crippen molar-refractivity contribution in [2.24, 2.45) is 5.92 Å².